The summed E-state index contributed by atoms with van der Waals surface area (Å²) in [5.74, 6) is 0.445. The summed E-state index contributed by atoms with van der Waals surface area (Å²) in [5.41, 5.74) is 1.11. The summed E-state index contributed by atoms with van der Waals surface area (Å²) < 4.78 is 0. The van der Waals surface area contributed by atoms with Gasteiger partial charge >= 0.3 is 6.03 Å². The minimum atomic E-state index is -0.412. The number of carbonyl (C=O) groups is 1. The highest BCUT2D eigenvalue weighted by molar-refractivity contribution is 5.79. The van der Waals surface area contributed by atoms with E-state index < -0.39 is 6.03 Å². The molecule has 0 bridgehead atoms. The molecule has 11 heavy (non-hydrogen) atoms. The van der Waals surface area contributed by atoms with Gasteiger partial charge in [-0.2, -0.15) is 0 Å². The molecule has 2 amide bonds. The number of allylic oxidation sites excluding steroid dienone is 1. The Morgan fingerprint density at radius 2 is 2.18 bits per heavy atom. The minimum Gasteiger partial charge on any atom is -0.313 e. The van der Waals surface area contributed by atoms with Gasteiger partial charge in [0.05, 0.1) is 0 Å². The zero-order valence-electron chi connectivity index (χ0n) is 7.22. The second-order valence-corrected chi connectivity index (χ2v) is 2.65. The highest BCUT2D eigenvalue weighted by Gasteiger charge is 1.96. The number of hydrogen-bond acceptors (Lipinski definition) is 1. The lowest BCUT2D eigenvalue weighted by Gasteiger charge is -2.03. The van der Waals surface area contributed by atoms with Gasteiger partial charge in [-0.05, 0) is 19.6 Å². The number of nitrogens with one attached hydrogen (secondary N) is 1. The summed E-state index contributed by atoms with van der Waals surface area (Å²) in [6.45, 7) is 9.15. The number of aliphatic imine (C=N–C) groups is 1. The zero-order valence-corrected chi connectivity index (χ0v) is 7.22. The summed E-state index contributed by atoms with van der Waals surface area (Å²) >= 11 is 0. The normalized spacial score (nSPS) is 11.5. The molecule has 3 heteroatoms. The summed E-state index contributed by atoms with van der Waals surface area (Å²) in [5, 5.41) is 2.48. The second-order valence-electron chi connectivity index (χ2n) is 2.65. The summed E-state index contributed by atoms with van der Waals surface area (Å²) in [6, 6.07) is -0.412. The lowest BCUT2D eigenvalue weighted by Crippen LogP contribution is -2.12. The standard InChI is InChI=1S/C8H14N2O/c1-6(2)7(3)5-10-8(11)9-4/h5-6H,4H2,1-3H3,(H,10,11)/b7-5+. The first kappa shape index (κ1) is 9.88. The fraction of sp³-hybridized carbons (Fsp3) is 0.500. The molecule has 0 saturated heterocycles. The maximum absolute atomic E-state index is 10.6. The molecule has 0 saturated carbocycles. The maximum Gasteiger partial charge on any atom is 0.344 e. The Kier molecular flexibility index (Phi) is 4.18. The van der Waals surface area contributed by atoms with Crippen LogP contribution in [0, 0.1) is 5.92 Å². The highest BCUT2D eigenvalue weighted by Crippen LogP contribution is 2.05. The molecule has 0 rings (SSSR count). The van der Waals surface area contributed by atoms with E-state index in [1.54, 1.807) is 6.20 Å². The molecule has 0 aromatic heterocycles. The molecule has 0 radical (unpaired) electrons. The van der Waals surface area contributed by atoms with Gasteiger partial charge < -0.3 is 5.32 Å². The van der Waals surface area contributed by atoms with Crippen molar-refractivity contribution < 1.29 is 4.79 Å². The molecule has 0 aliphatic heterocycles. The summed E-state index contributed by atoms with van der Waals surface area (Å²) in [7, 11) is 0. The Morgan fingerprint density at radius 3 is 2.55 bits per heavy atom. The second kappa shape index (κ2) is 4.66. The van der Waals surface area contributed by atoms with Gasteiger partial charge in [0.15, 0.2) is 0 Å². The first-order chi connectivity index (χ1) is 5.07. The Morgan fingerprint density at radius 1 is 1.64 bits per heavy atom. The third-order valence-corrected chi connectivity index (χ3v) is 1.48. The van der Waals surface area contributed by atoms with Crippen LogP contribution in [0.25, 0.3) is 0 Å². The van der Waals surface area contributed by atoms with Crippen molar-refractivity contribution in [2.45, 2.75) is 20.8 Å². The zero-order chi connectivity index (χ0) is 8.85. The van der Waals surface area contributed by atoms with Crippen LogP contribution in [0.2, 0.25) is 0 Å². The lowest BCUT2D eigenvalue weighted by atomic mass is 10.1. The molecule has 1 N–H and O–H groups in total. The SMILES string of the molecule is C=NC(=O)N/C=C(\C)C(C)C. The Balaban J connectivity index is 3.92. The Hall–Kier alpha value is -1.12. The first-order valence-electron chi connectivity index (χ1n) is 3.51. The third kappa shape index (κ3) is 4.31. The molecule has 0 fully saturated rings. The number of amides is 2. The van der Waals surface area contributed by atoms with Crippen LogP contribution in [0.3, 0.4) is 0 Å². The van der Waals surface area contributed by atoms with Gasteiger partial charge in [0.2, 0.25) is 0 Å². The summed E-state index contributed by atoms with van der Waals surface area (Å²) in [4.78, 5) is 13.7. The van der Waals surface area contributed by atoms with Crippen molar-refractivity contribution in [1.29, 1.82) is 0 Å². The van der Waals surface area contributed by atoms with Crippen molar-refractivity contribution in [3.05, 3.63) is 11.8 Å². The van der Waals surface area contributed by atoms with E-state index in [0.29, 0.717) is 5.92 Å². The molecule has 0 heterocycles. The van der Waals surface area contributed by atoms with E-state index in [4.69, 9.17) is 0 Å². The fourth-order valence-corrected chi connectivity index (χ4v) is 0.388. The number of urea groups is 1. The van der Waals surface area contributed by atoms with Crippen LogP contribution in [0.5, 0.6) is 0 Å². The molecule has 0 aliphatic carbocycles. The predicted octanol–water partition coefficient (Wildman–Crippen LogP) is 1.96. The first-order valence-corrected chi connectivity index (χ1v) is 3.51. The van der Waals surface area contributed by atoms with E-state index in [0.717, 1.165) is 5.57 Å². The Labute approximate surface area is 67.2 Å². The van der Waals surface area contributed by atoms with Crippen molar-refractivity contribution in [2.75, 3.05) is 0 Å². The van der Waals surface area contributed by atoms with Crippen molar-refractivity contribution >= 4 is 12.7 Å². The van der Waals surface area contributed by atoms with Crippen molar-refractivity contribution in [3.8, 4) is 0 Å². The van der Waals surface area contributed by atoms with Gasteiger partial charge in [-0.3, -0.25) is 0 Å². The van der Waals surface area contributed by atoms with Gasteiger partial charge in [-0.1, -0.05) is 19.4 Å². The molecule has 0 spiro atoms. The largest absolute Gasteiger partial charge is 0.344 e. The van der Waals surface area contributed by atoms with Crippen LogP contribution < -0.4 is 5.32 Å². The van der Waals surface area contributed by atoms with Gasteiger partial charge in [0.1, 0.15) is 0 Å². The fourth-order valence-electron chi connectivity index (χ4n) is 0.388. The average Bonchev–Trinajstić information content (AvgIpc) is 1.99. The van der Waals surface area contributed by atoms with Crippen LogP contribution in [0.15, 0.2) is 16.8 Å². The smallest absolute Gasteiger partial charge is 0.313 e. The van der Waals surface area contributed by atoms with E-state index in [9.17, 15) is 4.79 Å². The minimum absolute atomic E-state index is 0.412. The monoisotopic (exact) mass is 154 g/mol. The maximum atomic E-state index is 10.6. The van der Waals surface area contributed by atoms with Crippen LogP contribution in [0.1, 0.15) is 20.8 Å². The molecule has 62 valence electrons. The van der Waals surface area contributed by atoms with Gasteiger partial charge in [-0.15, -0.1) is 0 Å². The lowest BCUT2D eigenvalue weighted by molar-refractivity contribution is 0.252. The van der Waals surface area contributed by atoms with E-state index in [1.807, 2.05) is 6.92 Å². The molecular formula is C8H14N2O. The van der Waals surface area contributed by atoms with Crippen LogP contribution in [-0.2, 0) is 0 Å². The number of hydrogen-bond donors (Lipinski definition) is 1. The molecular weight excluding hydrogens is 140 g/mol. The third-order valence-electron chi connectivity index (χ3n) is 1.48. The summed E-state index contributed by atoms with van der Waals surface area (Å²) in [6.07, 6.45) is 1.65. The molecule has 0 aromatic carbocycles. The molecule has 0 atom stereocenters. The van der Waals surface area contributed by atoms with Gasteiger partial charge in [0, 0.05) is 6.20 Å². The number of rotatable bonds is 2. The predicted molar refractivity (Wildman–Crippen MR) is 46.7 cm³/mol. The number of nitrogens with zero attached hydrogens (tertiary/aromatic N) is 1. The van der Waals surface area contributed by atoms with Crippen LogP contribution in [-0.4, -0.2) is 12.7 Å². The van der Waals surface area contributed by atoms with Crippen LogP contribution >= 0.6 is 0 Å². The topological polar surface area (TPSA) is 41.5 Å². The van der Waals surface area contributed by atoms with E-state index in [2.05, 4.69) is 30.9 Å². The average molecular weight is 154 g/mol. The quantitative estimate of drug-likeness (QED) is 0.607. The molecule has 0 aromatic rings. The van der Waals surface area contributed by atoms with Crippen LogP contribution in [0.4, 0.5) is 4.79 Å². The number of carbonyl (C=O) groups excluding carboxylic acids is 1. The van der Waals surface area contributed by atoms with Crippen molar-refractivity contribution in [3.63, 3.8) is 0 Å². The van der Waals surface area contributed by atoms with Gasteiger partial charge in [0.25, 0.3) is 0 Å². The van der Waals surface area contributed by atoms with E-state index in [1.165, 1.54) is 0 Å². The molecule has 3 nitrogen and oxygen atoms in total. The van der Waals surface area contributed by atoms with E-state index >= 15 is 0 Å². The van der Waals surface area contributed by atoms with Crippen molar-refractivity contribution in [1.82, 2.24) is 5.32 Å². The van der Waals surface area contributed by atoms with Crippen molar-refractivity contribution in [2.24, 2.45) is 10.9 Å². The molecule has 0 aliphatic rings. The van der Waals surface area contributed by atoms with Gasteiger partial charge in [-0.25, -0.2) is 9.79 Å². The Bertz CT molecular complexity index is 183. The highest BCUT2D eigenvalue weighted by atomic mass is 16.2. The molecule has 0 unspecified atom stereocenters. The van der Waals surface area contributed by atoms with E-state index in [-0.39, 0.29) is 0 Å².